The summed E-state index contributed by atoms with van der Waals surface area (Å²) in [5, 5.41) is 0. The summed E-state index contributed by atoms with van der Waals surface area (Å²) in [5.41, 5.74) is 8.06. The molecule has 2 aromatic carbocycles. The molecule has 2 aromatic rings. The van der Waals surface area contributed by atoms with E-state index >= 15 is 0 Å². The third-order valence-electron chi connectivity index (χ3n) is 5.07. The summed E-state index contributed by atoms with van der Waals surface area (Å²) in [5.74, 6) is -2.02. The van der Waals surface area contributed by atoms with Crippen LogP contribution in [0.4, 0.5) is 5.69 Å². The van der Waals surface area contributed by atoms with E-state index < -0.39 is 11.8 Å². The van der Waals surface area contributed by atoms with Gasteiger partial charge in [0.2, 0.25) is 5.91 Å². The minimum Gasteiger partial charge on any atom is -0.361 e. The highest BCUT2D eigenvalue weighted by molar-refractivity contribution is 6.34. The van der Waals surface area contributed by atoms with Crippen LogP contribution >= 0.6 is 0 Å². The van der Waals surface area contributed by atoms with Crippen molar-refractivity contribution in [3.8, 4) is 11.1 Å². The third kappa shape index (κ3) is 4.22. The van der Waals surface area contributed by atoms with Gasteiger partial charge in [0.1, 0.15) is 6.54 Å². The van der Waals surface area contributed by atoms with Gasteiger partial charge in [-0.15, -0.1) is 0 Å². The molecule has 0 aromatic heterocycles. The molecule has 1 atom stereocenters. The molecule has 28 heavy (non-hydrogen) atoms. The largest absolute Gasteiger partial charge is 0.361 e. The molecule has 3 amide bonds. The average Bonchev–Trinajstić information content (AvgIpc) is 2.72. The molecule has 0 unspecified atom stereocenters. The summed E-state index contributed by atoms with van der Waals surface area (Å²) in [6, 6.07) is 17.5. The van der Waals surface area contributed by atoms with Crippen LogP contribution in [0.15, 0.2) is 54.6 Å². The number of carbonyl (C=O) groups excluding carboxylic acids is 3. The number of anilines is 1. The molecule has 1 aliphatic rings. The van der Waals surface area contributed by atoms with E-state index in [2.05, 4.69) is 6.92 Å². The lowest BCUT2D eigenvalue weighted by Gasteiger charge is -2.40. The van der Waals surface area contributed by atoms with E-state index in [9.17, 15) is 14.4 Å². The standard InChI is InChI=1S/C22H25N3O3/c1-2-3-11-19-14-24(20(26)15-25(19)22(28)21(23)27)18-12-7-10-17(13-18)16-8-5-4-6-9-16/h4-10,12-13,19H,2-3,11,14-15H2,1H3,(H2,23,27)/t19-/m0/s1. The van der Waals surface area contributed by atoms with Gasteiger partial charge in [0.25, 0.3) is 0 Å². The average molecular weight is 379 g/mol. The summed E-state index contributed by atoms with van der Waals surface area (Å²) in [4.78, 5) is 39.4. The maximum atomic E-state index is 12.8. The van der Waals surface area contributed by atoms with E-state index in [0.29, 0.717) is 6.54 Å². The highest BCUT2D eigenvalue weighted by atomic mass is 16.2. The predicted molar refractivity (Wildman–Crippen MR) is 108 cm³/mol. The minimum absolute atomic E-state index is 0.133. The lowest BCUT2D eigenvalue weighted by molar-refractivity contribution is -0.148. The van der Waals surface area contributed by atoms with Gasteiger partial charge in [-0.25, -0.2) is 0 Å². The van der Waals surface area contributed by atoms with E-state index in [0.717, 1.165) is 36.1 Å². The Morgan fingerprint density at radius 1 is 1.07 bits per heavy atom. The van der Waals surface area contributed by atoms with Crippen LogP contribution in [0.3, 0.4) is 0 Å². The molecule has 0 saturated carbocycles. The van der Waals surface area contributed by atoms with Crippen LogP contribution in [0, 0.1) is 0 Å². The number of hydrogen-bond donors (Lipinski definition) is 1. The summed E-state index contributed by atoms with van der Waals surface area (Å²) >= 11 is 0. The number of rotatable bonds is 5. The molecule has 3 rings (SSSR count). The molecule has 0 spiro atoms. The van der Waals surface area contributed by atoms with Gasteiger partial charge < -0.3 is 15.5 Å². The van der Waals surface area contributed by atoms with Gasteiger partial charge in [-0.05, 0) is 29.7 Å². The number of unbranched alkanes of at least 4 members (excludes halogenated alkanes) is 1. The van der Waals surface area contributed by atoms with Crippen LogP contribution in [0.25, 0.3) is 11.1 Å². The van der Waals surface area contributed by atoms with Crippen molar-refractivity contribution >= 4 is 23.4 Å². The molecule has 1 fully saturated rings. The highest BCUT2D eigenvalue weighted by Crippen LogP contribution is 2.27. The number of benzene rings is 2. The fourth-order valence-corrected chi connectivity index (χ4v) is 3.57. The van der Waals surface area contributed by atoms with Gasteiger partial charge in [-0.2, -0.15) is 0 Å². The van der Waals surface area contributed by atoms with Crippen molar-refractivity contribution in [2.24, 2.45) is 5.73 Å². The second-order valence-corrected chi connectivity index (χ2v) is 7.01. The number of nitrogens with two attached hydrogens (primary N) is 1. The van der Waals surface area contributed by atoms with Crippen molar-refractivity contribution in [1.82, 2.24) is 4.90 Å². The molecule has 0 radical (unpaired) electrons. The Morgan fingerprint density at radius 3 is 2.46 bits per heavy atom. The predicted octanol–water partition coefficient (Wildman–Crippen LogP) is 2.57. The first-order valence-electron chi connectivity index (χ1n) is 9.57. The van der Waals surface area contributed by atoms with Crippen molar-refractivity contribution in [2.45, 2.75) is 32.2 Å². The quantitative estimate of drug-likeness (QED) is 0.811. The van der Waals surface area contributed by atoms with Crippen LogP contribution in [0.5, 0.6) is 0 Å². The van der Waals surface area contributed by atoms with Gasteiger partial charge in [0.05, 0.1) is 6.04 Å². The molecule has 2 N–H and O–H groups in total. The maximum absolute atomic E-state index is 12.8. The summed E-state index contributed by atoms with van der Waals surface area (Å²) < 4.78 is 0. The molecule has 1 saturated heterocycles. The highest BCUT2D eigenvalue weighted by Gasteiger charge is 2.37. The van der Waals surface area contributed by atoms with Crippen molar-refractivity contribution in [2.75, 3.05) is 18.0 Å². The molecule has 1 heterocycles. The Balaban J connectivity index is 1.87. The normalized spacial score (nSPS) is 16.9. The zero-order chi connectivity index (χ0) is 20.1. The first-order chi connectivity index (χ1) is 13.5. The Bertz CT molecular complexity index is 866. The number of nitrogens with zero attached hydrogens (tertiary/aromatic N) is 2. The molecular formula is C22H25N3O3. The second kappa shape index (κ2) is 8.69. The molecular weight excluding hydrogens is 354 g/mol. The summed E-state index contributed by atoms with van der Waals surface area (Å²) in [7, 11) is 0. The summed E-state index contributed by atoms with van der Waals surface area (Å²) in [6.45, 7) is 2.29. The zero-order valence-electron chi connectivity index (χ0n) is 16.0. The smallest absolute Gasteiger partial charge is 0.312 e. The number of hydrogen-bond acceptors (Lipinski definition) is 3. The van der Waals surface area contributed by atoms with E-state index in [4.69, 9.17) is 5.73 Å². The number of piperazine rings is 1. The molecule has 146 valence electrons. The van der Waals surface area contributed by atoms with Gasteiger partial charge in [-0.1, -0.05) is 62.2 Å². The fraction of sp³-hybridized carbons (Fsp3) is 0.318. The van der Waals surface area contributed by atoms with E-state index in [1.54, 1.807) is 4.90 Å². The zero-order valence-corrected chi connectivity index (χ0v) is 16.0. The first kappa shape index (κ1) is 19.6. The Labute approximate surface area is 164 Å². The SMILES string of the molecule is CCCC[C@H]1CN(c2cccc(-c3ccccc3)c2)C(=O)CN1C(=O)C(N)=O. The van der Waals surface area contributed by atoms with Crippen LogP contribution < -0.4 is 10.6 Å². The van der Waals surface area contributed by atoms with Gasteiger partial charge >= 0.3 is 11.8 Å². The lowest BCUT2D eigenvalue weighted by atomic mass is 10.0. The van der Waals surface area contributed by atoms with E-state index in [1.807, 2.05) is 54.6 Å². The second-order valence-electron chi connectivity index (χ2n) is 7.01. The molecule has 1 aliphatic heterocycles. The van der Waals surface area contributed by atoms with Crippen LogP contribution in [-0.2, 0) is 14.4 Å². The Hall–Kier alpha value is -3.15. The Kier molecular flexibility index (Phi) is 6.09. The van der Waals surface area contributed by atoms with Gasteiger partial charge in [0.15, 0.2) is 0 Å². The molecule has 6 nitrogen and oxygen atoms in total. The molecule has 0 bridgehead atoms. The van der Waals surface area contributed by atoms with Gasteiger partial charge in [-0.3, -0.25) is 14.4 Å². The Morgan fingerprint density at radius 2 is 1.79 bits per heavy atom. The van der Waals surface area contributed by atoms with Crippen molar-refractivity contribution < 1.29 is 14.4 Å². The number of primary amides is 1. The van der Waals surface area contributed by atoms with E-state index in [-0.39, 0.29) is 18.5 Å². The summed E-state index contributed by atoms with van der Waals surface area (Å²) in [6.07, 6.45) is 2.59. The van der Waals surface area contributed by atoms with Gasteiger partial charge in [0, 0.05) is 12.2 Å². The fourth-order valence-electron chi connectivity index (χ4n) is 3.57. The number of carbonyl (C=O) groups is 3. The van der Waals surface area contributed by atoms with Crippen molar-refractivity contribution in [3.63, 3.8) is 0 Å². The lowest BCUT2D eigenvalue weighted by Crippen LogP contribution is -2.60. The number of amides is 3. The third-order valence-corrected chi connectivity index (χ3v) is 5.07. The van der Waals surface area contributed by atoms with Crippen LogP contribution in [-0.4, -0.2) is 41.8 Å². The van der Waals surface area contributed by atoms with Crippen molar-refractivity contribution in [1.29, 1.82) is 0 Å². The first-order valence-corrected chi connectivity index (χ1v) is 9.57. The molecule has 6 heteroatoms. The van der Waals surface area contributed by atoms with Crippen molar-refractivity contribution in [3.05, 3.63) is 54.6 Å². The van der Waals surface area contributed by atoms with Crippen LogP contribution in [0.1, 0.15) is 26.2 Å². The maximum Gasteiger partial charge on any atom is 0.312 e. The minimum atomic E-state index is -1.02. The molecule has 0 aliphatic carbocycles. The van der Waals surface area contributed by atoms with E-state index in [1.165, 1.54) is 4.90 Å². The topological polar surface area (TPSA) is 83.7 Å². The monoisotopic (exact) mass is 379 g/mol. The van der Waals surface area contributed by atoms with Crippen LogP contribution in [0.2, 0.25) is 0 Å².